The highest BCUT2D eigenvalue weighted by atomic mass is 32.2. The Kier molecular flexibility index (Phi) is 7.17. The molecule has 0 unspecified atom stereocenters. The third-order valence-corrected chi connectivity index (χ3v) is 6.91. The molecule has 2 heterocycles. The molecule has 1 amide bonds. The normalized spacial score (nSPS) is 14.8. The molecule has 9 nitrogen and oxygen atoms in total. The van der Waals surface area contributed by atoms with Crippen molar-refractivity contribution in [3.63, 3.8) is 0 Å². The van der Waals surface area contributed by atoms with E-state index in [-0.39, 0.29) is 17.2 Å². The number of nitrogens with one attached hydrogen (secondary N) is 3. The molecular weight excluding hydrogens is 444 g/mol. The summed E-state index contributed by atoms with van der Waals surface area (Å²) in [5.74, 6) is 0.489. The summed E-state index contributed by atoms with van der Waals surface area (Å²) in [4.78, 5) is 18.0. The second kappa shape index (κ2) is 10.2. The summed E-state index contributed by atoms with van der Waals surface area (Å²) in [5.41, 5.74) is 1.76. The van der Waals surface area contributed by atoms with Crippen molar-refractivity contribution in [2.24, 2.45) is 0 Å². The highest BCUT2D eigenvalue weighted by Gasteiger charge is 2.17. The van der Waals surface area contributed by atoms with Gasteiger partial charge in [0.15, 0.2) is 0 Å². The first kappa shape index (κ1) is 23.1. The first-order valence-electron chi connectivity index (χ1n) is 10.8. The summed E-state index contributed by atoms with van der Waals surface area (Å²) >= 11 is 0. The van der Waals surface area contributed by atoms with Crippen LogP contribution in [0.2, 0.25) is 0 Å². The number of carbonyl (C=O) groups excluding carboxylic acids is 1. The number of sulfonamides is 1. The van der Waals surface area contributed by atoms with Crippen LogP contribution in [0, 0.1) is 0 Å². The van der Waals surface area contributed by atoms with Gasteiger partial charge in [-0.25, -0.2) is 8.42 Å². The number of ether oxygens (including phenoxy) is 2. The van der Waals surface area contributed by atoms with E-state index in [1.54, 1.807) is 24.3 Å². The van der Waals surface area contributed by atoms with Crippen molar-refractivity contribution in [2.75, 3.05) is 51.2 Å². The van der Waals surface area contributed by atoms with Gasteiger partial charge in [-0.3, -0.25) is 14.4 Å². The lowest BCUT2D eigenvalue weighted by molar-refractivity contribution is -0.120. The molecule has 10 heteroatoms. The van der Waals surface area contributed by atoms with Gasteiger partial charge in [0.2, 0.25) is 5.91 Å². The topological polar surface area (TPSA) is 113 Å². The zero-order chi connectivity index (χ0) is 23.3. The third-order valence-electron chi connectivity index (χ3n) is 5.53. The van der Waals surface area contributed by atoms with Gasteiger partial charge in [0, 0.05) is 37.3 Å². The fourth-order valence-electron chi connectivity index (χ4n) is 3.77. The summed E-state index contributed by atoms with van der Waals surface area (Å²) < 4.78 is 38.7. The Balaban J connectivity index is 1.41. The molecule has 33 heavy (non-hydrogen) atoms. The number of rotatable bonds is 9. The first-order chi connectivity index (χ1) is 15.9. The highest BCUT2D eigenvalue weighted by molar-refractivity contribution is 7.92. The van der Waals surface area contributed by atoms with Crippen molar-refractivity contribution >= 4 is 32.5 Å². The number of hydrogen-bond acceptors (Lipinski definition) is 6. The van der Waals surface area contributed by atoms with Crippen LogP contribution >= 0.6 is 0 Å². The predicted molar refractivity (Wildman–Crippen MR) is 126 cm³/mol. The lowest BCUT2D eigenvalue weighted by Crippen LogP contribution is -2.41. The number of hydrogen-bond donors (Lipinski definition) is 3. The van der Waals surface area contributed by atoms with E-state index in [4.69, 9.17) is 9.47 Å². The number of anilines is 1. The zero-order valence-corrected chi connectivity index (χ0v) is 19.3. The maximum absolute atomic E-state index is 12.8. The van der Waals surface area contributed by atoms with Crippen LogP contribution in [0.5, 0.6) is 5.75 Å². The van der Waals surface area contributed by atoms with E-state index in [2.05, 4.69) is 19.9 Å². The van der Waals surface area contributed by atoms with Crippen LogP contribution in [0.4, 0.5) is 5.69 Å². The summed E-state index contributed by atoms with van der Waals surface area (Å²) in [5, 5.41) is 3.76. The Morgan fingerprint density at radius 2 is 1.91 bits per heavy atom. The lowest BCUT2D eigenvalue weighted by Gasteiger charge is -2.26. The van der Waals surface area contributed by atoms with Gasteiger partial charge >= 0.3 is 0 Å². The molecule has 3 N–H and O–H groups in total. The second-order valence-corrected chi connectivity index (χ2v) is 9.51. The zero-order valence-electron chi connectivity index (χ0n) is 18.5. The Labute approximate surface area is 193 Å². The average Bonchev–Trinajstić information content (AvgIpc) is 3.23. The van der Waals surface area contributed by atoms with Gasteiger partial charge in [-0.2, -0.15) is 0 Å². The first-order valence-corrected chi connectivity index (χ1v) is 12.3. The predicted octanol–water partition coefficient (Wildman–Crippen LogP) is 1.97. The number of methoxy groups -OCH3 is 1. The van der Waals surface area contributed by atoms with E-state index in [0.717, 1.165) is 38.2 Å². The lowest BCUT2D eigenvalue weighted by atomic mass is 10.2. The van der Waals surface area contributed by atoms with Crippen LogP contribution in [0.15, 0.2) is 53.4 Å². The maximum atomic E-state index is 12.8. The number of aromatic amines is 1. The van der Waals surface area contributed by atoms with Crippen molar-refractivity contribution < 1.29 is 22.7 Å². The fourth-order valence-corrected chi connectivity index (χ4v) is 4.84. The molecule has 1 saturated heterocycles. The van der Waals surface area contributed by atoms with Crippen molar-refractivity contribution in [1.82, 2.24) is 15.2 Å². The minimum absolute atomic E-state index is 0.0878. The van der Waals surface area contributed by atoms with Crippen molar-refractivity contribution in [1.29, 1.82) is 0 Å². The van der Waals surface area contributed by atoms with Crippen LogP contribution in [0.25, 0.3) is 10.9 Å². The van der Waals surface area contributed by atoms with E-state index in [0.29, 0.717) is 29.2 Å². The Morgan fingerprint density at radius 3 is 2.64 bits per heavy atom. The van der Waals surface area contributed by atoms with E-state index < -0.39 is 10.0 Å². The van der Waals surface area contributed by atoms with Gasteiger partial charge in [-0.15, -0.1) is 0 Å². The molecule has 1 aliphatic heterocycles. The minimum atomic E-state index is -3.78. The van der Waals surface area contributed by atoms with Crippen molar-refractivity contribution in [3.8, 4) is 5.75 Å². The van der Waals surface area contributed by atoms with E-state index >= 15 is 0 Å². The molecule has 4 rings (SSSR count). The minimum Gasteiger partial charge on any atom is -0.497 e. The van der Waals surface area contributed by atoms with Crippen LogP contribution in [-0.2, 0) is 26.0 Å². The van der Waals surface area contributed by atoms with Crippen molar-refractivity contribution in [2.45, 2.75) is 11.3 Å². The number of fused-ring (bicyclic) bond motifs is 1. The van der Waals surface area contributed by atoms with Gasteiger partial charge in [0.05, 0.1) is 42.8 Å². The maximum Gasteiger partial charge on any atom is 0.261 e. The molecule has 0 radical (unpaired) electrons. The van der Waals surface area contributed by atoms with E-state index in [1.165, 1.54) is 19.2 Å². The molecule has 0 spiro atoms. The Morgan fingerprint density at radius 1 is 1.15 bits per heavy atom. The Bertz CT molecular complexity index is 1200. The highest BCUT2D eigenvalue weighted by Crippen LogP contribution is 2.27. The summed E-state index contributed by atoms with van der Waals surface area (Å²) in [6.07, 6.45) is 0.183. The van der Waals surface area contributed by atoms with Crippen LogP contribution in [0.1, 0.15) is 5.69 Å². The average molecular weight is 473 g/mol. The van der Waals surface area contributed by atoms with Crippen LogP contribution in [0.3, 0.4) is 0 Å². The van der Waals surface area contributed by atoms with Crippen LogP contribution in [-0.4, -0.2) is 70.7 Å². The second-order valence-electron chi connectivity index (χ2n) is 7.83. The summed E-state index contributed by atoms with van der Waals surface area (Å²) in [6.45, 7) is 4.59. The van der Waals surface area contributed by atoms with Gasteiger partial charge in [-0.1, -0.05) is 12.1 Å². The number of amides is 1. The fraction of sp³-hybridized carbons (Fsp3) is 0.348. The number of para-hydroxylation sites is 1. The van der Waals surface area contributed by atoms with Gasteiger partial charge in [-0.05, 0) is 36.4 Å². The molecular formula is C23H28N4O5S. The monoisotopic (exact) mass is 472 g/mol. The molecule has 2 aromatic carbocycles. The number of aromatic nitrogens is 1. The molecule has 1 aromatic heterocycles. The smallest absolute Gasteiger partial charge is 0.261 e. The largest absolute Gasteiger partial charge is 0.497 e. The van der Waals surface area contributed by atoms with Crippen LogP contribution < -0.4 is 14.8 Å². The van der Waals surface area contributed by atoms with Crippen molar-refractivity contribution in [3.05, 3.63) is 54.2 Å². The molecule has 0 bridgehead atoms. The quantitative estimate of drug-likeness (QED) is 0.439. The van der Waals surface area contributed by atoms with Gasteiger partial charge in [0.1, 0.15) is 5.75 Å². The van der Waals surface area contributed by atoms with E-state index in [9.17, 15) is 13.2 Å². The molecule has 0 atom stereocenters. The summed E-state index contributed by atoms with van der Waals surface area (Å²) in [7, 11) is -2.26. The van der Waals surface area contributed by atoms with E-state index in [1.807, 2.05) is 12.1 Å². The third kappa shape index (κ3) is 5.84. The molecule has 3 aromatic rings. The molecule has 1 fully saturated rings. The number of benzene rings is 2. The standard InChI is InChI=1S/C23H28N4O5S/c1-31-19-5-7-20(8-6-19)33(29,30)26-21-4-2-3-17-15-18(25-23(17)21)16-22(28)24-9-10-27-11-13-32-14-12-27/h2-8,15,25-26H,9-14,16H2,1H3,(H,24,28). The number of nitrogens with zero attached hydrogens (tertiary/aromatic N) is 1. The molecule has 1 aliphatic rings. The number of carbonyl (C=O) groups is 1. The Hall–Kier alpha value is -3.08. The SMILES string of the molecule is COc1ccc(S(=O)(=O)Nc2cccc3cc(CC(=O)NCCN4CCOCC4)[nH]c23)cc1. The van der Waals surface area contributed by atoms with Gasteiger partial charge < -0.3 is 19.8 Å². The molecule has 0 aliphatic carbocycles. The molecule has 176 valence electrons. The number of H-pyrrole nitrogens is 1. The van der Waals surface area contributed by atoms with Gasteiger partial charge in [0.25, 0.3) is 10.0 Å². The summed E-state index contributed by atoms with van der Waals surface area (Å²) in [6, 6.07) is 13.4. The number of morpholine rings is 1. The molecule has 0 saturated carbocycles.